The van der Waals surface area contributed by atoms with E-state index in [2.05, 4.69) is 0 Å². The lowest BCUT2D eigenvalue weighted by atomic mass is 10.2. The maximum atomic E-state index is 11.8. The first-order chi connectivity index (χ1) is 9.15. The van der Waals surface area contributed by atoms with Crippen molar-refractivity contribution in [3.05, 3.63) is 57.2 Å². The first-order valence-electron chi connectivity index (χ1n) is 5.81. The molecule has 0 fully saturated rings. The predicted molar refractivity (Wildman–Crippen MR) is 77.4 cm³/mol. The van der Waals surface area contributed by atoms with E-state index in [1.165, 1.54) is 16.2 Å². The number of benzene rings is 1. The Morgan fingerprint density at radius 2 is 2.00 bits per heavy atom. The zero-order valence-electron chi connectivity index (χ0n) is 10.5. The Balaban J connectivity index is 1.82. The van der Waals surface area contributed by atoms with Crippen molar-refractivity contribution >= 4 is 29.0 Å². The monoisotopic (exact) mass is 295 g/mol. The van der Waals surface area contributed by atoms with Crippen LogP contribution in [0, 0.1) is 0 Å². The molecule has 5 heteroatoms. The van der Waals surface area contributed by atoms with Crippen molar-refractivity contribution in [1.82, 2.24) is 4.90 Å². The van der Waals surface area contributed by atoms with Crippen LogP contribution in [0.15, 0.2) is 42.5 Å². The molecule has 0 aliphatic heterocycles. The summed E-state index contributed by atoms with van der Waals surface area (Å²) in [6.45, 7) is 0.792. The van der Waals surface area contributed by atoms with Crippen LogP contribution in [0.2, 0.25) is 4.34 Å². The molecule has 0 unspecified atom stereocenters. The summed E-state index contributed by atoms with van der Waals surface area (Å²) in [5.74, 6) is 0. The Morgan fingerprint density at radius 3 is 2.63 bits per heavy atom. The third-order valence-corrected chi connectivity index (χ3v) is 3.75. The number of ether oxygens (including phenoxy) is 1. The Morgan fingerprint density at radius 1 is 1.26 bits per heavy atom. The second-order valence-corrected chi connectivity index (χ2v) is 5.90. The molecule has 0 aliphatic carbocycles. The van der Waals surface area contributed by atoms with Gasteiger partial charge in [-0.25, -0.2) is 4.79 Å². The molecule has 0 saturated heterocycles. The van der Waals surface area contributed by atoms with Gasteiger partial charge in [-0.2, -0.15) is 0 Å². The molecular weight excluding hydrogens is 282 g/mol. The summed E-state index contributed by atoms with van der Waals surface area (Å²) in [5.41, 5.74) is 0.975. The van der Waals surface area contributed by atoms with Crippen LogP contribution in [0.25, 0.3) is 0 Å². The third kappa shape index (κ3) is 4.26. The molecule has 2 rings (SSSR count). The maximum absolute atomic E-state index is 11.8. The molecule has 0 atom stereocenters. The van der Waals surface area contributed by atoms with Gasteiger partial charge in [-0.1, -0.05) is 41.9 Å². The average molecular weight is 296 g/mol. The van der Waals surface area contributed by atoms with Crippen molar-refractivity contribution in [2.45, 2.75) is 13.2 Å². The molecule has 2 aromatic rings. The first-order valence-corrected chi connectivity index (χ1v) is 7.00. The predicted octanol–water partition coefficient (Wildman–Crippen LogP) is 4.17. The SMILES string of the molecule is CN(Cc1ccc(Cl)s1)C(=O)OCc1ccccc1. The summed E-state index contributed by atoms with van der Waals surface area (Å²) in [7, 11) is 1.71. The normalized spacial score (nSPS) is 10.2. The summed E-state index contributed by atoms with van der Waals surface area (Å²) in [6, 6.07) is 13.3. The van der Waals surface area contributed by atoms with E-state index < -0.39 is 0 Å². The number of halogens is 1. The minimum atomic E-state index is -0.339. The fourth-order valence-corrected chi connectivity index (χ4v) is 2.71. The standard InChI is InChI=1S/C14H14ClNO2S/c1-16(9-12-7-8-13(15)19-12)14(17)18-10-11-5-3-2-4-6-11/h2-8H,9-10H2,1H3. The van der Waals surface area contributed by atoms with Crippen molar-refractivity contribution in [1.29, 1.82) is 0 Å². The van der Waals surface area contributed by atoms with E-state index in [9.17, 15) is 4.79 Å². The van der Waals surface area contributed by atoms with Crippen LogP contribution >= 0.6 is 22.9 Å². The Labute approximate surface area is 121 Å². The quantitative estimate of drug-likeness (QED) is 0.847. The van der Waals surface area contributed by atoms with Gasteiger partial charge in [0.1, 0.15) is 6.61 Å². The number of hydrogen-bond donors (Lipinski definition) is 0. The van der Waals surface area contributed by atoms with Crippen molar-refractivity contribution in [2.75, 3.05) is 7.05 Å². The van der Waals surface area contributed by atoms with E-state index >= 15 is 0 Å². The van der Waals surface area contributed by atoms with E-state index in [1.807, 2.05) is 42.5 Å². The van der Waals surface area contributed by atoms with Crippen LogP contribution in [0.3, 0.4) is 0 Å². The zero-order chi connectivity index (χ0) is 13.7. The summed E-state index contributed by atoms with van der Waals surface area (Å²) >= 11 is 7.31. The fraction of sp³-hybridized carbons (Fsp3) is 0.214. The second-order valence-electron chi connectivity index (χ2n) is 4.10. The number of hydrogen-bond acceptors (Lipinski definition) is 3. The third-order valence-electron chi connectivity index (χ3n) is 2.54. The molecule has 3 nitrogen and oxygen atoms in total. The van der Waals surface area contributed by atoms with Crippen LogP contribution in [0.4, 0.5) is 4.79 Å². The summed E-state index contributed by atoms with van der Waals surface area (Å²) in [4.78, 5) is 14.4. The number of nitrogens with zero attached hydrogens (tertiary/aromatic N) is 1. The molecule has 0 aliphatic rings. The molecule has 0 radical (unpaired) electrons. The highest BCUT2D eigenvalue weighted by Gasteiger charge is 2.11. The number of carbonyl (C=O) groups excluding carboxylic acids is 1. The van der Waals surface area contributed by atoms with Crippen LogP contribution < -0.4 is 0 Å². The van der Waals surface area contributed by atoms with Gasteiger partial charge in [-0.3, -0.25) is 0 Å². The van der Waals surface area contributed by atoms with Gasteiger partial charge in [0.25, 0.3) is 0 Å². The molecule has 19 heavy (non-hydrogen) atoms. The average Bonchev–Trinajstić information content (AvgIpc) is 2.82. The number of rotatable bonds is 4. The summed E-state index contributed by atoms with van der Waals surface area (Å²) in [5, 5.41) is 0. The topological polar surface area (TPSA) is 29.5 Å². The highest BCUT2D eigenvalue weighted by molar-refractivity contribution is 7.16. The minimum absolute atomic E-state index is 0.287. The number of thiophene rings is 1. The van der Waals surface area contributed by atoms with Crippen LogP contribution in [-0.4, -0.2) is 18.0 Å². The lowest BCUT2D eigenvalue weighted by Gasteiger charge is -2.16. The lowest BCUT2D eigenvalue weighted by molar-refractivity contribution is 0.103. The van der Waals surface area contributed by atoms with E-state index in [4.69, 9.17) is 16.3 Å². The molecular formula is C14H14ClNO2S. The number of carbonyl (C=O) groups is 1. The Hall–Kier alpha value is -1.52. The van der Waals surface area contributed by atoms with Gasteiger partial charge >= 0.3 is 6.09 Å². The smallest absolute Gasteiger partial charge is 0.410 e. The first kappa shape index (κ1) is 13.9. The molecule has 0 saturated carbocycles. The van der Waals surface area contributed by atoms with Crippen molar-refractivity contribution in [2.24, 2.45) is 0 Å². The second kappa shape index (κ2) is 6.59. The van der Waals surface area contributed by atoms with Crippen molar-refractivity contribution in [3.8, 4) is 0 Å². The molecule has 0 spiro atoms. The van der Waals surface area contributed by atoms with Crippen LogP contribution in [-0.2, 0) is 17.9 Å². The zero-order valence-corrected chi connectivity index (χ0v) is 12.1. The Bertz CT molecular complexity index is 541. The highest BCUT2D eigenvalue weighted by Crippen LogP contribution is 2.22. The number of amides is 1. The van der Waals surface area contributed by atoms with Gasteiger partial charge in [0.2, 0.25) is 0 Å². The van der Waals surface area contributed by atoms with Crippen molar-refractivity contribution in [3.63, 3.8) is 0 Å². The van der Waals surface area contributed by atoms with Gasteiger partial charge in [0.05, 0.1) is 10.9 Å². The molecule has 1 amide bonds. The molecule has 1 aromatic heterocycles. The molecule has 0 bridgehead atoms. The van der Waals surface area contributed by atoms with Gasteiger partial charge in [0, 0.05) is 11.9 Å². The van der Waals surface area contributed by atoms with Gasteiger partial charge < -0.3 is 9.64 Å². The largest absolute Gasteiger partial charge is 0.445 e. The minimum Gasteiger partial charge on any atom is -0.445 e. The molecule has 100 valence electrons. The van der Waals surface area contributed by atoms with Crippen LogP contribution in [0.1, 0.15) is 10.4 Å². The summed E-state index contributed by atoms with van der Waals surface area (Å²) < 4.78 is 5.95. The van der Waals surface area contributed by atoms with Crippen molar-refractivity contribution < 1.29 is 9.53 Å². The lowest BCUT2D eigenvalue weighted by Crippen LogP contribution is -2.26. The Kier molecular flexibility index (Phi) is 4.82. The van der Waals surface area contributed by atoms with E-state index in [0.717, 1.165) is 14.8 Å². The molecule has 0 N–H and O–H groups in total. The van der Waals surface area contributed by atoms with Gasteiger partial charge in [-0.05, 0) is 17.7 Å². The van der Waals surface area contributed by atoms with Gasteiger partial charge in [0.15, 0.2) is 0 Å². The highest BCUT2D eigenvalue weighted by atomic mass is 35.5. The van der Waals surface area contributed by atoms with E-state index in [0.29, 0.717) is 6.54 Å². The maximum Gasteiger partial charge on any atom is 0.410 e. The fourth-order valence-electron chi connectivity index (χ4n) is 1.56. The van der Waals surface area contributed by atoms with E-state index in [1.54, 1.807) is 7.05 Å². The molecule has 1 heterocycles. The molecule has 1 aromatic carbocycles. The summed E-state index contributed by atoms with van der Waals surface area (Å²) in [6.07, 6.45) is -0.339. The van der Waals surface area contributed by atoms with Gasteiger partial charge in [-0.15, -0.1) is 11.3 Å². The van der Waals surface area contributed by atoms with Crippen LogP contribution in [0.5, 0.6) is 0 Å². The van der Waals surface area contributed by atoms with E-state index in [-0.39, 0.29) is 12.7 Å².